The molecule has 1 aliphatic rings. The van der Waals surface area contributed by atoms with Crippen molar-refractivity contribution in [2.45, 2.75) is 65.6 Å². The Kier molecular flexibility index (Phi) is 12.2. The van der Waals surface area contributed by atoms with Crippen LogP contribution in [-0.2, 0) is 40.2 Å². The minimum absolute atomic E-state index is 0.0877. The first-order valence-corrected chi connectivity index (χ1v) is 14.6. The van der Waals surface area contributed by atoms with Gasteiger partial charge >= 0.3 is 6.16 Å². The van der Waals surface area contributed by atoms with Gasteiger partial charge in [-0.25, -0.2) is 4.79 Å². The van der Waals surface area contributed by atoms with Gasteiger partial charge in [0.15, 0.2) is 12.2 Å². The number of hydrogen-bond acceptors (Lipinski definition) is 17. The normalized spacial score (nSPS) is 15.9. The van der Waals surface area contributed by atoms with Gasteiger partial charge in [0.25, 0.3) is 20.3 Å². The molecular weight excluding hydrogens is 686 g/mol. The summed E-state index contributed by atoms with van der Waals surface area (Å²) in [5.41, 5.74) is -1.24. The minimum atomic E-state index is -1.81. The minimum Gasteiger partial charge on any atom is -0.432 e. The van der Waals surface area contributed by atoms with Crippen LogP contribution < -0.4 is 0 Å². The van der Waals surface area contributed by atoms with Crippen LogP contribution in [0.25, 0.3) is 0 Å². The zero-order valence-electron chi connectivity index (χ0n) is 26.7. The van der Waals surface area contributed by atoms with Crippen LogP contribution in [0.5, 0.6) is 0 Å². The number of halogens is 1. The molecule has 22 heteroatoms. The van der Waals surface area contributed by atoms with E-state index >= 15 is 0 Å². The first-order chi connectivity index (χ1) is 22.8. The Morgan fingerprint density at radius 2 is 1.51 bits per heavy atom. The lowest BCUT2D eigenvalue weighted by atomic mass is 9.80. The standard InChI is InChI=1S/C27H32ClN5O16/c1-15-21(19-11-43-22(18(19)10-29-15)16-6-8-17(28)9-7-16)23(24(49-33(41)42)27(4,5)14-46-31(37)38)47-25(34)44-12-20(48-32(39)40)26(2,3)13-45-30(35)36/h6-10,20,22-24H,11-14H2,1-5H3/t20-,22-,23+,24-/m0/s1. The number of rotatable bonds is 18. The molecule has 0 spiro atoms. The molecule has 3 rings (SSSR count). The van der Waals surface area contributed by atoms with Crippen molar-refractivity contribution in [3.05, 3.63) is 104 Å². The Balaban J connectivity index is 2.07. The van der Waals surface area contributed by atoms with Gasteiger partial charge in [-0.15, -0.1) is 40.5 Å². The number of benzene rings is 1. The van der Waals surface area contributed by atoms with E-state index < -0.39 is 81.6 Å². The monoisotopic (exact) mass is 717 g/mol. The second kappa shape index (κ2) is 15.7. The Morgan fingerprint density at radius 3 is 2.06 bits per heavy atom. The molecule has 0 saturated heterocycles. The average molecular weight is 718 g/mol. The SMILES string of the molecule is Cc1ncc2c(c1[C@@H](OC(=O)OC[C@H](O[N+](=O)[O-])C(C)(C)CO[N+](=O)[O-])[C@H](O[N+](=O)[O-])C(C)(C)CO[N+](=O)[O-])CO[C@H]2c1ccc(Cl)cc1. The zero-order valence-corrected chi connectivity index (χ0v) is 27.4. The van der Waals surface area contributed by atoms with Gasteiger partial charge in [-0.1, -0.05) is 51.4 Å². The molecule has 0 aliphatic carbocycles. The summed E-state index contributed by atoms with van der Waals surface area (Å²) in [6, 6.07) is 6.71. The van der Waals surface area contributed by atoms with E-state index in [2.05, 4.69) is 19.5 Å². The van der Waals surface area contributed by atoms with Crippen molar-refractivity contribution in [2.75, 3.05) is 19.8 Å². The number of aryl methyl sites for hydroxylation is 1. The van der Waals surface area contributed by atoms with E-state index in [1.165, 1.54) is 40.8 Å². The molecule has 2 aromatic rings. The molecular formula is C27H32ClN5O16. The van der Waals surface area contributed by atoms with E-state index in [1.54, 1.807) is 24.3 Å². The maximum absolute atomic E-state index is 13.3. The number of carbonyl (C=O) groups is 1. The average Bonchev–Trinajstić information content (AvgIpc) is 3.43. The van der Waals surface area contributed by atoms with Crippen molar-refractivity contribution in [3.8, 4) is 0 Å². The molecule has 1 aromatic carbocycles. The summed E-state index contributed by atoms with van der Waals surface area (Å²) in [6.07, 6.45) is -5.93. The second-order valence-electron chi connectivity index (χ2n) is 12.1. The summed E-state index contributed by atoms with van der Waals surface area (Å²) in [7, 11) is 0. The first kappa shape index (κ1) is 38.1. The van der Waals surface area contributed by atoms with Gasteiger partial charge in [0.05, 0.1) is 6.61 Å². The van der Waals surface area contributed by atoms with Gasteiger partial charge in [0.1, 0.15) is 32.0 Å². The van der Waals surface area contributed by atoms with Crippen molar-refractivity contribution in [2.24, 2.45) is 10.8 Å². The highest BCUT2D eigenvalue weighted by atomic mass is 35.5. The van der Waals surface area contributed by atoms with Crippen LogP contribution in [0.4, 0.5) is 4.79 Å². The quantitative estimate of drug-likeness (QED) is 0.117. The van der Waals surface area contributed by atoms with E-state index in [0.717, 1.165) is 0 Å². The van der Waals surface area contributed by atoms with Crippen LogP contribution >= 0.6 is 11.6 Å². The molecule has 1 aliphatic heterocycles. The number of pyridine rings is 1. The highest BCUT2D eigenvalue weighted by molar-refractivity contribution is 6.30. The molecule has 0 N–H and O–H groups in total. The molecule has 0 saturated carbocycles. The Hall–Kier alpha value is -5.31. The third-order valence-corrected chi connectivity index (χ3v) is 7.84. The first-order valence-electron chi connectivity index (χ1n) is 14.2. The third kappa shape index (κ3) is 10.1. The lowest BCUT2D eigenvalue weighted by molar-refractivity contribution is -0.782. The number of fused-ring (bicyclic) bond motifs is 1. The molecule has 21 nitrogen and oxygen atoms in total. The predicted octanol–water partition coefficient (Wildman–Crippen LogP) is 4.48. The summed E-state index contributed by atoms with van der Waals surface area (Å²) in [5.74, 6) is 0. The molecule has 0 amide bonds. The summed E-state index contributed by atoms with van der Waals surface area (Å²) in [5, 5.41) is 40.6. The van der Waals surface area contributed by atoms with Crippen molar-refractivity contribution >= 4 is 17.8 Å². The van der Waals surface area contributed by atoms with Gasteiger partial charge in [0.2, 0.25) is 0 Å². The van der Waals surface area contributed by atoms with Crippen molar-refractivity contribution in [1.82, 2.24) is 4.98 Å². The van der Waals surface area contributed by atoms with Gasteiger partial charge in [-0.2, -0.15) is 0 Å². The zero-order chi connectivity index (χ0) is 36.7. The Labute approximate surface area is 281 Å². The Morgan fingerprint density at radius 1 is 0.939 bits per heavy atom. The number of nitrogens with zero attached hydrogens (tertiary/aromatic N) is 5. The van der Waals surface area contributed by atoms with Gasteiger partial charge in [0, 0.05) is 38.9 Å². The highest BCUT2D eigenvalue weighted by Crippen LogP contribution is 2.44. The third-order valence-electron chi connectivity index (χ3n) is 7.58. The molecule has 268 valence electrons. The molecule has 2 heterocycles. The fourth-order valence-electron chi connectivity index (χ4n) is 4.99. The molecule has 0 unspecified atom stereocenters. The molecule has 0 radical (unpaired) electrons. The van der Waals surface area contributed by atoms with Gasteiger partial charge in [-0.3, -0.25) is 4.98 Å². The Bertz CT molecular complexity index is 1560. The maximum atomic E-state index is 13.3. The molecule has 0 fully saturated rings. The van der Waals surface area contributed by atoms with Crippen LogP contribution in [0, 0.1) is 58.2 Å². The van der Waals surface area contributed by atoms with Crippen LogP contribution in [0.1, 0.15) is 67.9 Å². The molecule has 4 atom stereocenters. The molecule has 1 aromatic heterocycles. The van der Waals surface area contributed by atoms with Crippen molar-refractivity contribution in [3.63, 3.8) is 0 Å². The number of hydrogen-bond donors (Lipinski definition) is 0. The van der Waals surface area contributed by atoms with Crippen molar-refractivity contribution < 1.29 is 58.7 Å². The maximum Gasteiger partial charge on any atom is 0.509 e. The molecule has 0 bridgehead atoms. The lowest BCUT2D eigenvalue weighted by Gasteiger charge is -2.37. The van der Waals surface area contributed by atoms with E-state index in [4.69, 9.17) is 30.6 Å². The second-order valence-corrected chi connectivity index (χ2v) is 12.5. The predicted molar refractivity (Wildman–Crippen MR) is 159 cm³/mol. The van der Waals surface area contributed by atoms with E-state index in [1.807, 2.05) is 0 Å². The van der Waals surface area contributed by atoms with Crippen LogP contribution in [-0.4, -0.2) is 63.5 Å². The van der Waals surface area contributed by atoms with Crippen LogP contribution in [0.2, 0.25) is 5.02 Å². The summed E-state index contributed by atoms with van der Waals surface area (Å²) in [6.45, 7) is 4.31. The van der Waals surface area contributed by atoms with Gasteiger partial charge in [-0.05, 0) is 30.2 Å². The fraction of sp³-hybridized carbons (Fsp3) is 0.556. The van der Waals surface area contributed by atoms with E-state index in [-0.39, 0.29) is 17.9 Å². The number of aromatic nitrogens is 1. The van der Waals surface area contributed by atoms with E-state index in [9.17, 15) is 45.3 Å². The summed E-state index contributed by atoms with van der Waals surface area (Å²) < 4.78 is 16.8. The van der Waals surface area contributed by atoms with Gasteiger partial charge < -0.3 is 33.6 Å². The summed E-state index contributed by atoms with van der Waals surface area (Å²) >= 11 is 6.03. The van der Waals surface area contributed by atoms with Crippen molar-refractivity contribution in [1.29, 1.82) is 0 Å². The highest BCUT2D eigenvalue weighted by Gasteiger charge is 2.46. The fourth-order valence-corrected chi connectivity index (χ4v) is 5.12. The smallest absolute Gasteiger partial charge is 0.432 e. The topological polar surface area (TPSA) is 267 Å². The lowest BCUT2D eigenvalue weighted by Crippen LogP contribution is -2.45. The van der Waals surface area contributed by atoms with Crippen LogP contribution in [0.3, 0.4) is 0 Å². The number of ether oxygens (including phenoxy) is 3. The number of carbonyl (C=O) groups excluding carboxylic acids is 1. The van der Waals surface area contributed by atoms with Crippen LogP contribution in [0.15, 0.2) is 30.5 Å². The largest absolute Gasteiger partial charge is 0.509 e. The summed E-state index contributed by atoms with van der Waals surface area (Å²) in [4.78, 5) is 80.9. The molecule has 49 heavy (non-hydrogen) atoms. The van der Waals surface area contributed by atoms with E-state index in [0.29, 0.717) is 21.7 Å².